The summed E-state index contributed by atoms with van der Waals surface area (Å²) in [5.41, 5.74) is 0. The van der Waals surface area contributed by atoms with E-state index in [0.29, 0.717) is 0 Å². The van der Waals surface area contributed by atoms with Crippen LogP contribution in [0.5, 0.6) is 0 Å². The highest BCUT2D eigenvalue weighted by Gasteiger charge is 2.69. The minimum Gasteiger partial charge on any atom is -0.477 e. The monoisotopic (exact) mass is 274 g/mol. The maximum absolute atomic E-state index is 11.6. The molecule has 3 rings (SSSR count). The average molecular weight is 274 g/mol. The van der Waals surface area contributed by atoms with Crippen LogP contribution in [0.3, 0.4) is 0 Å². The van der Waals surface area contributed by atoms with Gasteiger partial charge in [0.15, 0.2) is 17.7 Å². The van der Waals surface area contributed by atoms with Crippen molar-refractivity contribution in [2.24, 2.45) is 0 Å². The zero-order valence-electron chi connectivity index (χ0n) is 11.3. The van der Waals surface area contributed by atoms with Crippen LogP contribution in [-0.2, 0) is 28.5 Å². The molecule has 19 heavy (non-hydrogen) atoms. The molecule has 4 atom stereocenters. The van der Waals surface area contributed by atoms with E-state index in [1.807, 2.05) is 0 Å². The van der Waals surface area contributed by atoms with Crippen molar-refractivity contribution >= 4 is 5.97 Å². The standard InChI is InChI=1S/C12H18O7/c1-10(2)16-6-5-15-12(9(13)14)8(7(6)17-10)18-11(3,4)19-12/h6-8H,5H2,1-4H3,(H,13,14)/t6-,7-,8+,12-/m1/s1. The predicted octanol–water partition coefficient (Wildman–Crippen LogP) is 0.469. The molecule has 3 aliphatic heterocycles. The Balaban J connectivity index is 1.96. The third kappa shape index (κ3) is 1.88. The number of carbonyl (C=O) groups is 1. The van der Waals surface area contributed by atoms with Gasteiger partial charge >= 0.3 is 11.8 Å². The summed E-state index contributed by atoms with van der Waals surface area (Å²) < 4.78 is 28.1. The van der Waals surface area contributed by atoms with E-state index >= 15 is 0 Å². The summed E-state index contributed by atoms with van der Waals surface area (Å²) in [6.45, 7) is 6.93. The molecule has 0 bridgehead atoms. The van der Waals surface area contributed by atoms with Crippen LogP contribution in [0.1, 0.15) is 27.7 Å². The predicted molar refractivity (Wildman–Crippen MR) is 60.2 cm³/mol. The van der Waals surface area contributed by atoms with E-state index in [-0.39, 0.29) is 12.7 Å². The lowest BCUT2D eigenvalue weighted by Gasteiger charge is -2.37. The van der Waals surface area contributed by atoms with Gasteiger partial charge in [0.2, 0.25) is 0 Å². The number of rotatable bonds is 1. The zero-order chi connectivity index (χ0) is 14.1. The van der Waals surface area contributed by atoms with Crippen molar-refractivity contribution in [1.82, 2.24) is 0 Å². The fourth-order valence-electron chi connectivity index (χ4n) is 2.91. The molecule has 7 nitrogen and oxygen atoms in total. The molecule has 1 N–H and O–H groups in total. The zero-order valence-corrected chi connectivity index (χ0v) is 11.3. The molecule has 0 radical (unpaired) electrons. The minimum atomic E-state index is -1.82. The minimum absolute atomic E-state index is 0.0936. The van der Waals surface area contributed by atoms with E-state index in [9.17, 15) is 9.90 Å². The topological polar surface area (TPSA) is 83.5 Å². The van der Waals surface area contributed by atoms with Crippen molar-refractivity contribution in [2.45, 2.75) is 63.4 Å². The number of ether oxygens (including phenoxy) is 5. The van der Waals surface area contributed by atoms with Gasteiger partial charge in [-0.1, -0.05) is 0 Å². The van der Waals surface area contributed by atoms with Crippen molar-refractivity contribution in [1.29, 1.82) is 0 Å². The Morgan fingerprint density at radius 3 is 2.42 bits per heavy atom. The normalized spacial score (nSPS) is 46.6. The van der Waals surface area contributed by atoms with Crippen LogP contribution in [0, 0.1) is 0 Å². The highest BCUT2D eigenvalue weighted by molar-refractivity contribution is 5.77. The highest BCUT2D eigenvalue weighted by atomic mass is 16.9. The molecular formula is C12H18O7. The van der Waals surface area contributed by atoms with Gasteiger partial charge in [0.1, 0.15) is 12.2 Å². The van der Waals surface area contributed by atoms with Gasteiger partial charge in [-0.15, -0.1) is 0 Å². The summed E-state index contributed by atoms with van der Waals surface area (Å²) in [7, 11) is 0. The van der Waals surface area contributed by atoms with Crippen molar-refractivity contribution in [3.05, 3.63) is 0 Å². The molecule has 0 unspecified atom stereocenters. The van der Waals surface area contributed by atoms with E-state index in [1.54, 1.807) is 27.7 Å². The largest absolute Gasteiger partial charge is 0.477 e. The molecular weight excluding hydrogens is 256 g/mol. The smallest absolute Gasteiger partial charge is 0.367 e. The van der Waals surface area contributed by atoms with Gasteiger partial charge in [0.05, 0.1) is 6.61 Å². The van der Waals surface area contributed by atoms with Crippen molar-refractivity contribution < 1.29 is 33.6 Å². The van der Waals surface area contributed by atoms with E-state index in [4.69, 9.17) is 23.7 Å². The summed E-state index contributed by atoms with van der Waals surface area (Å²) in [5, 5.41) is 9.46. The Kier molecular flexibility index (Phi) is 2.57. The lowest BCUT2D eigenvalue weighted by atomic mass is 9.97. The van der Waals surface area contributed by atoms with E-state index in [1.165, 1.54) is 0 Å². The van der Waals surface area contributed by atoms with Crippen LogP contribution >= 0.6 is 0 Å². The number of carboxylic acid groups (broad SMARTS) is 1. The molecule has 3 saturated heterocycles. The molecule has 3 heterocycles. The fraction of sp³-hybridized carbons (Fsp3) is 0.917. The van der Waals surface area contributed by atoms with Gasteiger partial charge < -0.3 is 28.8 Å². The molecule has 0 aromatic heterocycles. The first-order valence-corrected chi connectivity index (χ1v) is 6.26. The molecule has 0 amide bonds. The molecule has 0 aromatic rings. The van der Waals surface area contributed by atoms with E-state index in [2.05, 4.69) is 0 Å². The number of aliphatic carboxylic acids is 1. The maximum Gasteiger partial charge on any atom is 0.367 e. The Bertz CT molecular complexity index is 418. The summed E-state index contributed by atoms with van der Waals surface area (Å²) >= 11 is 0. The van der Waals surface area contributed by atoms with E-state index in [0.717, 1.165) is 0 Å². The van der Waals surface area contributed by atoms with Gasteiger partial charge in [0.25, 0.3) is 0 Å². The van der Waals surface area contributed by atoms with Crippen LogP contribution in [0.4, 0.5) is 0 Å². The second-order valence-corrected chi connectivity index (χ2v) is 5.96. The SMILES string of the molecule is CC1(C)O[C@@H]2[C@@H](CO[C@@]3(C(=O)O)OC(C)(C)O[C@@H]23)O1. The van der Waals surface area contributed by atoms with Gasteiger partial charge in [0, 0.05) is 0 Å². The Morgan fingerprint density at radius 1 is 1.11 bits per heavy atom. The molecule has 7 heteroatoms. The summed E-state index contributed by atoms with van der Waals surface area (Å²) in [4.78, 5) is 11.6. The Labute approximate surface area is 110 Å². The molecule has 108 valence electrons. The maximum atomic E-state index is 11.6. The Morgan fingerprint density at radius 2 is 1.79 bits per heavy atom. The molecule has 3 fully saturated rings. The molecule has 0 saturated carbocycles. The molecule has 0 aliphatic carbocycles. The van der Waals surface area contributed by atoms with Crippen LogP contribution in [0.25, 0.3) is 0 Å². The quantitative estimate of drug-likeness (QED) is 0.744. The Hall–Kier alpha value is -0.730. The third-order valence-electron chi connectivity index (χ3n) is 3.46. The van der Waals surface area contributed by atoms with Crippen LogP contribution in [0.2, 0.25) is 0 Å². The first-order valence-electron chi connectivity index (χ1n) is 6.26. The summed E-state index contributed by atoms with van der Waals surface area (Å²) in [5.74, 6) is -4.87. The van der Waals surface area contributed by atoms with Crippen molar-refractivity contribution in [2.75, 3.05) is 6.61 Å². The lowest BCUT2D eigenvalue weighted by Crippen LogP contribution is -2.62. The second kappa shape index (κ2) is 3.67. The molecule has 3 aliphatic rings. The van der Waals surface area contributed by atoms with Gasteiger partial charge in [-0.3, -0.25) is 0 Å². The van der Waals surface area contributed by atoms with Crippen molar-refractivity contribution in [3.8, 4) is 0 Å². The third-order valence-corrected chi connectivity index (χ3v) is 3.46. The fourth-order valence-corrected chi connectivity index (χ4v) is 2.91. The highest BCUT2D eigenvalue weighted by Crippen LogP contribution is 2.47. The van der Waals surface area contributed by atoms with Gasteiger partial charge in [-0.05, 0) is 27.7 Å². The number of carboxylic acids is 1. The first-order chi connectivity index (χ1) is 8.65. The van der Waals surface area contributed by atoms with Crippen LogP contribution in [0.15, 0.2) is 0 Å². The average Bonchev–Trinajstić information content (AvgIpc) is 2.70. The molecule has 0 spiro atoms. The number of hydrogen-bond donors (Lipinski definition) is 1. The lowest BCUT2D eigenvalue weighted by molar-refractivity contribution is -0.277. The summed E-state index contributed by atoms with van der Waals surface area (Å²) in [6.07, 6.45) is -1.74. The number of fused-ring (bicyclic) bond motifs is 3. The van der Waals surface area contributed by atoms with Crippen LogP contribution < -0.4 is 0 Å². The van der Waals surface area contributed by atoms with Crippen molar-refractivity contribution in [3.63, 3.8) is 0 Å². The molecule has 0 aromatic carbocycles. The second-order valence-electron chi connectivity index (χ2n) is 5.96. The van der Waals surface area contributed by atoms with Gasteiger partial charge in [-0.2, -0.15) is 0 Å². The first kappa shape index (κ1) is 13.3. The van der Waals surface area contributed by atoms with Gasteiger partial charge in [-0.25, -0.2) is 4.79 Å². The van der Waals surface area contributed by atoms with E-state index < -0.39 is 35.5 Å². The number of hydrogen-bond acceptors (Lipinski definition) is 6. The summed E-state index contributed by atoms with van der Waals surface area (Å²) in [6, 6.07) is 0. The van der Waals surface area contributed by atoms with Crippen LogP contribution in [-0.4, -0.2) is 53.4 Å².